The van der Waals surface area contributed by atoms with E-state index in [1.54, 1.807) is 48.5 Å². The summed E-state index contributed by atoms with van der Waals surface area (Å²) in [5.74, 6) is -1.93. The molecule has 6 nitrogen and oxygen atoms in total. The molecule has 3 atom stereocenters. The van der Waals surface area contributed by atoms with E-state index in [2.05, 4.69) is 10.6 Å². The van der Waals surface area contributed by atoms with Crippen molar-refractivity contribution in [3.05, 3.63) is 71.8 Å². The lowest BCUT2D eigenvalue weighted by atomic mass is 10.0. The first-order chi connectivity index (χ1) is 13.0. The minimum absolute atomic E-state index is 0.196. The second-order valence-corrected chi connectivity index (χ2v) is 6.74. The fourth-order valence-electron chi connectivity index (χ4n) is 3.37. The largest absolute Gasteiger partial charge is 0.481 e. The normalized spacial score (nSPS) is 19.9. The molecule has 0 aromatic heterocycles. The summed E-state index contributed by atoms with van der Waals surface area (Å²) in [6.45, 7) is 0. The summed E-state index contributed by atoms with van der Waals surface area (Å²) >= 11 is 0. The van der Waals surface area contributed by atoms with Crippen LogP contribution in [0.25, 0.3) is 0 Å². The van der Waals surface area contributed by atoms with Crippen molar-refractivity contribution in [2.45, 2.75) is 31.3 Å². The molecule has 1 fully saturated rings. The topological polar surface area (TPSA) is 95.5 Å². The van der Waals surface area contributed by atoms with E-state index < -0.39 is 17.9 Å². The Balaban J connectivity index is 1.73. The Morgan fingerprint density at radius 2 is 1.56 bits per heavy atom. The molecule has 1 aliphatic carbocycles. The van der Waals surface area contributed by atoms with Gasteiger partial charge in [0.15, 0.2) is 0 Å². The summed E-state index contributed by atoms with van der Waals surface area (Å²) in [5.41, 5.74) is 1.14. The highest BCUT2D eigenvalue weighted by atomic mass is 16.4. The van der Waals surface area contributed by atoms with Crippen LogP contribution in [-0.4, -0.2) is 28.9 Å². The van der Waals surface area contributed by atoms with Crippen LogP contribution in [-0.2, 0) is 9.59 Å². The molecule has 1 saturated carbocycles. The molecule has 27 heavy (non-hydrogen) atoms. The Morgan fingerprint density at radius 1 is 0.926 bits per heavy atom. The van der Waals surface area contributed by atoms with Crippen molar-refractivity contribution in [3.8, 4) is 0 Å². The van der Waals surface area contributed by atoms with Gasteiger partial charge in [0.2, 0.25) is 5.91 Å². The number of carbonyl (C=O) groups is 3. The zero-order valence-electron chi connectivity index (χ0n) is 14.8. The molecule has 0 spiro atoms. The molecule has 6 heteroatoms. The average molecular weight is 366 g/mol. The van der Waals surface area contributed by atoms with Crippen LogP contribution in [0.15, 0.2) is 60.7 Å². The number of nitrogens with one attached hydrogen (secondary N) is 2. The number of carbonyl (C=O) groups excluding carboxylic acids is 2. The van der Waals surface area contributed by atoms with E-state index in [9.17, 15) is 14.4 Å². The van der Waals surface area contributed by atoms with Crippen molar-refractivity contribution in [1.29, 1.82) is 0 Å². The lowest BCUT2D eigenvalue weighted by Crippen LogP contribution is -2.43. The van der Waals surface area contributed by atoms with Crippen molar-refractivity contribution in [2.24, 2.45) is 5.92 Å². The van der Waals surface area contributed by atoms with Crippen LogP contribution in [0.1, 0.15) is 41.2 Å². The Bertz CT molecular complexity index is 807. The zero-order valence-corrected chi connectivity index (χ0v) is 14.8. The number of hydrogen-bond acceptors (Lipinski definition) is 3. The second kappa shape index (κ2) is 8.49. The van der Waals surface area contributed by atoms with Crippen molar-refractivity contribution < 1.29 is 19.5 Å². The summed E-state index contributed by atoms with van der Waals surface area (Å²) in [6, 6.07) is 16.7. The highest BCUT2D eigenvalue weighted by Crippen LogP contribution is 2.26. The first kappa shape index (κ1) is 18.6. The summed E-state index contributed by atoms with van der Waals surface area (Å²) in [4.78, 5) is 36.5. The maximum Gasteiger partial charge on any atom is 0.306 e. The fraction of sp³-hybridized carbons (Fsp3) is 0.286. The SMILES string of the molecule is O=C(NC(C(=O)N[C@@H]1CC[C@H](C(=O)O)C1)c1ccccc1)c1ccccc1. The molecular weight excluding hydrogens is 344 g/mol. The molecule has 3 N–H and O–H groups in total. The molecule has 0 heterocycles. The predicted molar refractivity (Wildman–Crippen MR) is 100.0 cm³/mol. The highest BCUT2D eigenvalue weighted by Gasteiger charge is 2.32. The van der Waals surface area contributed by atoms with Gasteiger partial charge in [0, 0.05) is 11.6 Å². The molecule has 2 aromatic carbocycles. The third-order valence-electron chi connectivity index (χ3n) is 4.83. The van der Waals surface area contributed by atoms with E-state index >= 15 is 0 Å². The third-order valence-corrected chi connectivity index (χ3v) is 4.83. The van der Waals surface area contributed by atoms with Gasteiger partial charge in [-0.15, -0.1) is 0 Å². The van der Waals surface area contributed by atoms with E-state index in [0.717, 1.165) is 0 Å². The van der Waals surface area contributed by atoms with Crippen LogP contribution < -0.4 is 10.6 Å². The average Bonchev–Trinajstić information content (AvgIpc) is 3.16. The predicted octanol–water partition coefficient (Wildman–Crippen LogP) is 2.53. The smallest absolute Gasteiger partial charge is 0.306 e. The van der Waals surface area contributed by atoms with Gasteiger partial charge < -0.3 is 15.7 Å². The van der Waals surface area contributed by atoms with Crippen LogP contribution in [0, 0.1) is 5.92 Å². The zero-order chi connectivity index (χ0) is 19.2. The van der Waals surface area contributed by atoms with E-state index in [-0.39, 0.29) is 17.9 Å². The van der Waals surface area contributed by atoms with E-state index in [4.69, 9.17) is 5.11 Å². The molecule has 3 rings (SSSR count). The van der Waals surface area contributed by atoms with Gasteiger partial charge >= 0.3 is 5.97 Å². The van der Waals surface area contributed by atoms with Gasteiger partial charge in [-0.05, 0) is 37.0 Å². The second-order valence-electron chi connectivity index (χ2n) is 6.74. The van der Waals surface area contributed by atoms with Crippen LogP contribution in [0.5, 0.6) is 0 Å². The maximum atomic E-state index is 12.9. The monoisotopic (exact) mass is 366 g/mol. The number of aliphatic carboxylic acids is 1. The highest BCUT2D eigenvalue weighted by molar-refractivity contribution is 5.97. The number of rotatable bonds is 6. The van der Waals surface area contributed by atoms with E-state index in [1.165, 1.54) is 0 Å². The molecule has 1 aliphatic rings. The number of benzene rings is 2. The number of carboxylic acid groups (broad SMARTS) is 1. The first-order valence-electron chi connectivity index (χ1n) is 8.98. The van der Waals surface area contributed by atoms with Crippen LogP contribution in [0.3, 0.4) is 0 Å². The summed E-state index contributed by atoms with van der Waals surface area (Å²) in [6.07, 6.45) is 1.58. The molecule has 2 amide bonds. The first-order valence-corrected chi connectivity index (χ1v) is 8.98. The quantitative estimate of drug-likeness (QED) is 0.732. The summed E-state index contributed by atoms with van der Waals surface area (Å²) in [5, 5.41) is 14.8. The van der Waals surface area contributed by atoms with Gasteiger partial charge in [-0.1, -0.05) is 48.5 Å². The molecule has 0 aliphatic heterocycles. The van der Waals surface area contributed by atoms with E-state index in [0.29, 0.717) is 30.4 Å². The van der Waals surface area contributed by atoms with Crippen LogP contribution >= 0.6 is 0 Å². The maximum absolute atomic E-state index is 12.9. The Kier molecular flexibility index (Phi) is 5.86. The van der Waals surface area contributed by atoms with Crippen molar-refractivity contribution in [2.75, 3.05) is 0 Å². The lowest BCUT2D eigenvalue weighted by molar-refractivity contribution is -0.141. The Hall–Kier alpha value is -3.15. The molecule has 140 valence electrons. The van der Waals surface area contributed by atoms with Crippen LogP contribution in [0.4, 0.5) is 0 Å². The standard InChI is InChI=1S/C21H22N2O4/c24-19(15-9-5-2-6-10-15)23-18(14-7-3-1-4-8-14)20(25)22-17-12-11-16(13-17)21(26)27/h1-10,16-18H,11-13H2,(H,22,25)(H,23,24)(H,26,27)/t16-,17+,18?/m0/s1. The van der Waals surface area contributed by atoms with Gasteiger partial charge in [-0.2, -0.15) is 0 Å². The number of hydrogen-bond donors (Lipinski definition) is 3. The molecule has 2 aromatic rings. The third kappa shape index (κ3) is 4.73. The van der Waals surface area contributed by atoms with Crippen LogP contribution in [0.2, 0.25) is 0 Å². The minimum atomic E-state index is -0.845. The Morgan fingerprint density at radius 3 is 2.15 bits per heavy atom. The van der Waals surface area contributed by atoms with Crippen molar-refractivity contribution in [3.63, 3.8) is 0 Å². The molecule has 0 bridgehead atoms. The van der Waals surface area contributed by atoms with Gasteiger partial charge in [0.05, 0.1) is 5.92 Å². The number of carboxylic acids is 1. The Labute approximate surface area is 157 Å². The van der Waals surface area contributed by atoms with Crippen molar-refractivity contribution >= 4 is 17.8 Å². The fourth-order valence-corrected chi connectivity index (χ4v) is 3.37. The lowest BCUT2D eigenvalue weighted by Gasteiger charge is -2.21. The molecular formula is C21H22N2O4. The van der Waals surface area contributed by atoms with Gasteiger partial charge in [0.25, 0.3) is 5.91 Å². The van der Waals surface area contributed by atoms with Gasteiger partial charge in [-0.3, -0.25) is 14.4 Å². The minimum Gasteiger partial charge on any atom is -0.481 e. The van der Waals surface area contributed by atoms with Gasteiger partial charge in [-0.25, -0.2) is 0 Å². The summed E-state index contributed by atoms with van der Waals surface area (Å²) in [7, 11) is 0. The van der Waals surface area contributed by atoms with Crippen molar-refractivity contribution in [1.82, 2.24) is 10.6 Å². The summed E-state index contributed by atoms with van der Waals surface area (Å²) < 4.78 is 0. The molecule has 0 saturated heterocycles. The molecule has 1 unspecified atom stereocenters. The number of amides is 2. The molecule has 0 radical (unpaired) electrons. The van der Waals surface area contributed by atoms with E-state index in [1.807, 2.05) is 12.1 Å². The van der Waals surface area contributed by atoms with Gasteiger partial charge in [0.1, 0.15) is 6.04 Å².